The summed E-state index contributed by atoms with van der Waals surface area (Å²) in [5.41, 5.74) is 3.18. The minimum Gasteiger partial charge on any atom is -0.493 e. The summed E-state index contributed by atoms with van der Waals surface area (Å²) in [7, 11) is 5.81. The van der Waals surface area contributed by atoms with E-state index in [0.717, 1.165) is 5.56 Å². The van der Waals surface area contributed by atoms with Gasteiger partial charge in [-0.3, -0.25) is 9.69 Å². The molecule has 0 aliphatic carbocycles. The molecule has 0 bridgehead atoms. The van der Waals surface area contributed by atoms with Crippen LogP contribution in [0.5, 0.6) is 17.2 Å². The Hall–Kier alpha value is -3.74. The van der Waals surface area contributed by atoms with Crippen molar-refractivity contribution in [1.82, 2.24) is 0 Å². The first-order valence-electron chi connectivity index (χ1n) is 9.59. The van der Waals surface area contributed by atoms with Crippen LogP contribution in [0.3, 0.4) is 0 Å². The fourth-order valence-electron chi connectivity index (χ4n) is 3.58. The van der Waals surface area contributed by atoms with Crippen molar-refractivity contribution >= 4 is 23.6 Å². The van der Waals surface area contributed by atoms with Gasteiger partial charge < -0.3 is 18.9 Å². The number of nitrogens with zero attached hydrogens (tertiary/aromatic N) is 1. The van der Waals surface area contributed by atoms with Crippen molar-refractivity contribution in [3.05, 3.63) is 64.4 Å². The summed E-state index contributed by atoms with van der Waals surface area (Å²) in [5, 5.41) is 0. The van der Waals surface area contributed by atoms with E-state index in [1.165, 1.54) is 33.3 Å². The van der Waals surface area contributed by atoms with E-state index in [4.69, 9.17) is 18.9 Å². The lowest BCUT2D eigenvalue weighted by Crippen LogP contribution is -2.24. The van der Waals surface area contributed by atoms with E-state index in [2.05, 4.69) is 0 Å². The van der Waals surface area contributed by atoms with Crippen LogP contribution in [0.15, 0.2) is 53.2 Å². The lowest BCUT2D eigenvalue weighted by molar-refractivity contribution is -0.136. The number of methoxy groups -OCH3 is 4. The van der Waals surface area contributed by atoms with Crippen molar-refractivity contribution in [2.45, 2.75) is 13.8 Å². The van der Waals surface area contributed by atoms with Gasteiger partial charge in [-0.15, -0.1) is 0 Å². The van der Waals surface area contributed by atoms with Gasteiger partial charge in [0.05, 0.1) is 39.6 Å². The molecule has 1 heterocycles. The highest BCUT2D eigenvalue weighted by molar-refractivity contribution is 6.24. The number of anilines is 1. The van der Waals surface area contributed by atoms with Crippen LogP contribution in [-0.4, -0.2) is 40.3 Å². The number of rotatable bonds is 6. The number of esters is 1. The van der Waals surface area contributed by atoms with Gasteiger partial charge in [0, 0.05) is 16.9 Å². The zero-order valence-corrected chi connectivity index (χ0v) is 18.4. The van der Waals surface area contributed by atoms with Gasteiger partial charge in [0.15, 0.2) is 11.5 Å². The molecule has 0 radical (unpaired) electrons. The van der Waals surface area contributed by atoms with Crippen LogP contribution in [0.25, 0.3) is 6.08 Å². The molecule has 0 spiro atoms. The third-order valence-corrected chi connectivity index (χ3v) is 5.12. The zero-order chi connectivity index (χ0) is 22.7. The van der Waals surface area contributed by atoms with Gasteiger partial charge in [0.2, 0.25) is 5.75 Å². The Balaban J connectivity index is 2.20. The molecule has 2 aromatic carbocycles. The first-order valence-corrected chi connectivity index (χ1v) is 9.59. The maximum absolute atomic E-state index is 13.4. The van der Waals surface area contributed by atoms with Crippen molar-refractivity contribution in [2.75, 3.05) is 33.3 Å². The van der Waals surface area contributed by atoms with E-state index in [9.17, 15) is 9.59 Å². The Bertz CT molecular complexity index is 1080. The fraction of sp³-hybridized carbons (Fsp3) is 0.250. The molecule has 0 aromatic heterocycles. The fourth-order valence-corrected chi connectivity index (χ4v) is 3.58. The summed E-state index contributed by atoms with van der Waals surface area (Å²) >= 11 is 0. The number of benzene rings is 2. The van der Waals surface area contributed by atoms with Crippen LogP contribution in [-0.2, 0) is 14.3 Å². The average molecular weight is 423 g/mol. The Morgan fingerprint density at radius 3 is 2.06 bits per heavy atom. The molecule has 0 saturated carbocycles. The maximum atomic E-state index is 13.4. The highest BCUT2D eigenvalue weighted by Crippen LogP contribution is 2.42. The molecule has 2 aromatic rings. The second-order valence-corrected chi connectivity index (χ2v) is 6.91. The molecule has 0 fully saturated rings. The predicted molar refractivity (Wildman–Crippen MR) is 117 cm³/mol. The molecular formula is C24H25NO6. The topological polar surface area (TPSA) is 74.3 Å². The molecule has 1 amide bonds. The van der Waals surface area contributed by atoms with E-state index in [-0.39, 0.29) is 17.1 Å². The maximum Gasteiger partial charge on any atom is 0.340 e. The van der Waals surface area contributed by atoms with Crippen molar-refractivity contribution in [3.63, 3.8) is 0 Å². The quantitative estimate of drug-likeness (QED) is 0.518. The van der Waals surface area contributed by atoms with Crippen molar-refractivity contribution in [2.24, 2.45) is 0 Å². The van der Waals surface area contributed by atoms with Crippen LogP contribution in [0.2, 0.25) is 0 Å². The molecule has 162 valence electrons. The highest BCUT2D eigenvalue weighted by Gasteiger charge is 2.38. The third-order valence-electron chi connectivity index (χ3n) is 5.12. The van der Waals surface area contributed by atoms with Crippen molar-refractivity contribution < 1.29 is 28.5 Å². The standard InChI is InChI=1S/C24H25NO6/c1-14-7-10-17(11-8-14)25-15(2)20(24(27)31-6)18(23(25)26)13-16-9-12-19(28-3)22(30-5)21(16)29-4/h7-13H,1-6H3/b18-13-. The monoisotopic (exact) mass is 423 g/mol. The Labute approximate surface area is 181 Å². The number of aryl methyl sites for hydroxylation is 1. The van der Waals surface area contributed by atoms with Crippen molar-refractivity contribution in [1.29, 1.82) is 0 Å². The lowest BCUT2D eigenvalue weighted by atomic mass is 10.0. The number of hydrogen-bond acceptors (Lipinski definition) is 6. The third kappa shape index (κ3) is 3.86. The molecule has 0 N–H and O–H groups in total. The van der Waals surface area contributed by atoms with Crippen LogP contribution in [0.4, 0.5) is 5.69 Å². The molecule has 0 saturated heterocycles. The minimum atomic E-state index is -0.592. The summed E-state index contributed by atoms with van der Waals surface area (Å²) < 4.78 is 21.2. The zero-order valence-electron chi connectivity index (χ0n) is 18.4. The predicted octanol–water partition coefficient (Wildman–Crippen LogP) is 3.90. The van der Waals surface area contributed by atoms with Gasteiger partial charge in [-0.05, 0) is 44.2 Å². The van der Waals surface area contributed by atoms with Gasteiger partial charge in [0.1, 0.15) is 0 Å². The average Bonchev–Trinajstić information content (AvgIpc) is 3.02. The first-order chi connectivity index (χ1) is 14.9. The molecule has 3 rings (SSSR count). The Morgan fingerprint density at radius 1 is 0.871 bits per heavy atom. The minimum absolute atomic E-state index is 0.199. The smallest absolute Gasteiger partial charge is 0.340 e. The van der Waals surface area contributed by atoms with E-state index in [1.807, 2.05) is 31.2 Å². The SMILES string of the molecule is COC(=O)C1=C(C)N(c2ccc(C)cc2)C(=O)/C1=C\c1ccc(OC)c(OC)c1OC. The normalized spacial score (nSPS) is 14.8. The van der Waals surface area contributed by atoms with E-state index >= 15 is 0 Å². The Morgan fingerprint density at radius 2 is 1.52 bits per heavy atom. The molecule has 1 aliphatic rings. The molecule has 0 unspecified atom stereocenters. The summed E-state index contributed by atoms with van der Waals surface area (Å²) in [6, 6.07) is 10.9. The molecular weight excluding hydrogens is 398 g/mol. The lowest BCUT2D eigenvalue weighted by Gasteiger charge is -2.18. The Kier molecular flexibility index (Phi) is 6.34. The first kappa shape index (κ1) is 22.0. The second kappa shape index (κ2) is 8.95. The summed E-state index contributed by atoms with van der Waals surface area (Å²) in [6.45, 7) is 3.68. The number of ether oxygens (including phenoxy) is 4. The molecule has 0 atom stereocenters. The number of amides is 1. The highest BCUT2D eigenvalue weighted by atomic mass is 16.5. The van der Waals surface area contributed by atoms with Gasteiger partial charge in [-0.2, -0.15) is 0 Å². The number of allylic oxidation sites excluding steroid dienone is 1. The van der Waals surface area contributed by atoms with Crippen LogP contribution in [0.1, 0.15) is 18.1 Å². The van der Waals surface area contributed by atoms with E-state index < -0.39 is 5.97 Å². The largest absolute Gasteiger partial charge is 0.493 e. The number of carbonyl (C=O) groups excluding carboxylic acids is 2. The van der Waals surface area contributed by atoms with Gasteiger partial charge in [0.25, 0.3) is 5.91 Å². The van der Waals surface area contributed by atoms with Crippen molar-refractivity contribution in [3.8, 4) is 17.2 Å². The number of hydrogen-bond donors (Lipinski definition) is 0. The number of carbonyl (C=O) groups is 2. The van der Waals surface area contributed by atoms with Gasteiger partial charge >= 0.3 is 5.97 Å². The van der Waals surface area contributed by atoms with E-state index in [1.54, 1.807) is 25.1 Å². The van der Waals surface area contributed by atoms with Crippen LogP contribution < -0.4 is 19.1 Å². The molecule has 31 heavy (non-hydrogen) atoms. The van der Waals surface area contributed by atoms with Gasteiger partial charge in [-0.1, -0.05) is 17.7 Å². The van der Waals surface area contributed by atoms with Crippen LogP contribution in [0, 0.1) is 6.92 Å². The summed E-state index contributed by atoms with van der Waals surface area (Å²) in [5.74, 6) is 0.337. The molecule has 7 heteroatoms. The van der Waals surface area contributed by atoms with E-state index in [0.29, 0.717) is 34.2 Å². The van der Waals surface area contributed by atoms with Crippen LogP contribution >= 0.6 is 0 Å². The summed E-state index contributed by atoms with van der Waals surface area (Å²) in [4.78, 5) is 27.5. The van der Waals surface area contributed by atoms with Gasteiger partial charge in [-0.25, -0.2) is 4.79 Å². The second-order valence-electron chi connectivity index (χ2n) is 6.91. The molecule has 1 aliphatic heterocycles. The molecule has 7 nitrogen and oxygen atoms in total. The summed E-state index contributed by atoms with van der Waals surface area (Å²) in [6.07, 6.45) is 1.60.